The van der Waals surface area contributed by atoms with Crippen LogP contribution in [0.15, 0.2) is 35.2 Å². The van der Waals surface area contributed by atoms with Gasteiger partial charge in [-0.05, 0) is 38.1 Å². The summed E-state index contributed by atoms with van der Waals surface area (Å²) < 4.78 is 64.7. The molecule has 0 saturated carbocycles. The second kappa shape index (κ2) is 7.32. The Morgan fingerprint density at radius 3 is 2.30 bits per heavy atom. The molecule has 2 saturated heterocycles. The molecule has 2 N–H and O–H groups in total. The minimum atomic E-state index is -4.23. The molecule has 0 radical (unpaired) electrons. The summed E-state index contributed by atoms with van der Waals surface area (Å²) in [6.07, 6.45) is -5.67. The van der Waals surface area contributed by atoms with Crippen molar-refractivity contribution in [1.82, 2.24) is 9.21 Å². The predicted molar refractivity (Wildman–Crippen MR) is 91.4 cm³/mol. The number of aliphatic hydroxyl groups is 2. The fraction of sp³-hybridized carbons (Fsp3) is 0.647. The van der Waals surface area contributed by atoms with E-state index in [-0.39, 0.29) is 50.5 Å². The maximum atomic E-state index is 12.8. The molecule has 0 bridgehead atoms. The van der Waals surface area contributed by atoms with Gasteiger partial charge in [0.25, 0.3) is 0 Å². The molecule has 3 rings (SSSR count). The summed E-state index contributed by atoms with van der Waals surface area (Å²) in [6.45, 7) is -0.341. The van der Waals surface area contributed by atoms with Crippen LogP contribution in [-0.2, 0) is 10.0 Å². The number of sulfonamides is 1. The number of aliphatic hydroxyl groups excluding tert-OH is 1. The van der Waals surface area contributed by atoms with Crippen molar-refractivity contribution in [2.24, 2.45) is 5.92 Å². The van der Waals surface area contributed by atoms with Gasteiger partial charge in [0.15, 0.2) is 0 Å². The van der Waals surface area contributed by atoms with Crippen molar-refractivity contribution in [1.29, 1.82) is 0 Å². The smallest absolute Gasteiger partial charge is 0.389 e. The average molecular weight is 408 g/mol. The first kappa shape index (κ1) is 20.5. The number of halogens is 3. The number of alkyl halides is 3. The molecular formula is C17H23F3N2O4S. The minimum absolute atomic E-state index is 0.0624. The molecule has 152 valence electrons. The second-order valence-corrected chi connectivity index (χ2v) is 9.26. The van der Waals surface area contributed by atoms with Crippen molar-refractivity contribution in [3.8, 4) is 0 Å². The van der Waals surface area contributed by atoms with Gasteiger partial charge in [0.1, 0.15) is 5.60 Å². The van der Waals surface area contributed by atoms with Gasteiger partial charge in [0, 0.05) is 19.6 Å². The fourth-order valence-corrected chi connectivity index (χ4v) is 5.25. The lowest BCUT2D eigenvalue weighted by Crippen LogP contribution is -2.53. The lowest BCUT2D eigenvalue weighted by Gasteiger charge is -2.37. The SMILES string of the molecule is O=S(=O)(c1ccccc1)N1C[C@@H](O)[C@](O)(CN2CCC(C(F)(F)F)CC2)C1. The summed E-state index contributed by atoms with van der Waals surface area (Å²) in [5, 5.41) is 21.1. The first-order valence-electron chi connectivity index (χ1n) is 8.77. The largest absolute Gasteiger partial charge is 0.391 e. The summed E-state index contributed by atoms with van der Waals surface area (Å²) in [4.78, 5) is 1.72. The van der Waals surface area contributed by atoms with Gasteiger partial charge in [-0.2, -0.15) is 17.5 Å². The van der Waals surface area contributed by atoms with E-state index in [1.54, 1.807) is 23.1 Å². The third-order valence-corrected chi connectivity index (χ3v) is 7.20. The van der Waals surface area contributed by atoms with Crippen LogP contribution in [-0.4, -0.2) is 78.4 Å². The first-order chi connectivity index (χ1) is 12.5. The molecule has 2 fully saturated rings. The second-order valence-electron chi connectivity index (χ2n) is 7.32. The van der Waals surface area contributed by atoms with Crippen LogP contribution in [0.2, 0.25) is 0 Å². The summed E-state index contributed by atoms with van der Waals surface area (Å²) in [5.74, 6) is -1.35. The van der Waals surface area contributed by atoms with E-state index in [4.69, 9.17) is 0 Å². The molecule has 2 aliphatic heterocycles. The standard InChI is InChI=1S/C17H23F3N2O4S/c18-17(19,20)13-6-8-21(9-7-13)11-16(24)12-22(10-15(16)23)27(25,26)14-4-2-1-3-5-14/h1-5,13,15,23-24H,6-12H2/t15-,16+/m1/s1. The highest BCUT2D eigenvalue weighted by molar-refractivity contribution is 7.89. The Bertz CT molecular complexity index is 751. The van der Waals surface area contributed by atoms with Gasteiger partial charge in [-0.15, -0.1) is 0 Å². The van der Waals surface area contributed by atoms with E-state index < -0.39 is 33.8 Å². The van der Waals surface area contributed by atoms with Crippen molar-refractivity contribution < 1.29 is 31.8 Å². The summed E-state index contributed by atoms with van der Waals surface area (Å²) in [6, 6.07) is 7.70. The van der Waals surface area contributed by atoms with E-state index in [1.807, 2.05) is 0 Å². The molecule has 2 heterocycles. The zero-order chi connectivity index (χ0) is 19.9. The zero-order valence-corrected chi connectivity index (χ0v) is 15.5. The Hall–Kier alpha value is -1.20. The lowest BCUT2D eigenvalue weighted by atomic mass is 9.93. The van der Waals surface area contributed by atoms with E-state index in [0.717, 1.165) is 4.31 Å². The van der Waals surface area contributed by atoms with Crippen LogP contribution < -0.4 is 0 Å². The highest BCUT2D eigenvalue weighted by Crippen LogP contribution is 2.35. The summed E-state index contributed by atoms with van der Waals surface area (Å²) in [7, 11) is -3.87. The average Bonchev–Trinajstić information content (AvgIpc) is 2.91. The number of β-amino-alcohol motifs (C(OH)–C–C–N with tert-alkyl or cyclic N) is 2. The van der Waals surface area contributed by atoms with E-state index in [1.165, 1.54) is 12.1 Å². The van der Waals surface area contributed by atoms with Gasteiger partial charge in [0.05, 0.1) is 16.9 Å². The van der Waals surface area contributed by atoms with Crippen LogP contribution in [0.25, 0.3) is 0 Å². The van der Waals surface area contributed by atoms with E-state index in [2.05, 4.69) is 0 Å². The third kappa shape index (κ3) is 4.29. The molecular weight excluding hydrogens is 385 g/mol. The van der Waals surface area contributed by atoms with E-state index in [0.29, 0.717) is 0 Å². The molecule has 0 unspecified atom stereocenters. The van der Waals surface area contributed by atoms with Crippen molar-refractivity contribution in [2.45, 2.75) is 35.6 Å². The number of hydrogen-bond donors (Lipinski definition) is 2. The van der Waals surface area contributed by atoms with Crippen LogP contribution in [0, 0.1) is 5.92 Å². The Morgan fingerprint density at radius 1 is 1.15 bits per heavy atom. The normalized spacial score (nSPS) is 29.3. The molecule has 10 heteroatoms. The monoisotopic (exact) mass is 408 g/mol. The topological polar surface area (TPSA) is 81.1 Å². The third-order valence-electron chi connectivity index (χ3n) is 5.38. The van der Waals surface area contributed by atoms with Gasteiger partial charge in [-0.1, -0.05) is 18.2 Å². The van der Waals surface area contributed by atoms with Crippen LogP contribution in [0.5, 0.6) is 0 Å². The molecule has 2 aliphatic rings. The molecule has 1 aromatic rings. The van der Waals surface area contributed by atoms with Gasteiger partial charge in [-0.3, -0.25) is 0 Å². The molecule has 0 amide bonds. The van der Waals surface area contributed by atoms with Gasteiger partial charge >= 0.3 is 6.18 Å². The maximum Gasteiger partial charge on any atom is 0.391 e. The van der Waals surface area contributed by atoms with Crippen molar-refractivity contribution in [3.05, 3.63) is 30.3 Å². The number of piperidine rings is 1. The number of nitrogens with zero attached hydrogens (tertiary/aromatic N) is 2. The molecule has 1 aromatic carbocycles. The Morgan fingerprint density at radius 2 is 1.74 bits per heavy atom. The number of likely N-dealkylation sites (tertiary alicyclic amines) is 1. The van der Waals surface area contributed by atoms with E-state index >= 15 is 0 Å². The maximum absolute atomic E-state index is 12.8. The van der Waals surface area contributed by atoms with Crippen LogP contribution >= 0.6 is 0 Å². The Balaban J connectivity index is 1.65. The number of hydrogen-bond acceptors (Lipinski definition) is 5. The van der Waals surface area contributed by atoms with Crippen LogP contribution in [0.4, 0.5) is 13.2 Å². The van der Waals surface area contributed by atoms with Crippen LogP contribution in [0.3, 0.4) is 0 Å². The van der Waals surface area contributed by atoms with Crippen molar-refractivity contribution in [3.63, 3.8) is 0 Å². The highest BCUT2D eigenvalue weighted by atomic mass is 32.2. The zero-order valence-electron chi connectivity index (χ0n) is 14.6. The first-order valence-corrected chi connectivity index (χ1v) is 10.2. The van der Waals surface area contributed by atoms with Gasteiger partial charge in [0.2, 0.25) is 10.0 Å². The predicted octanol–water partition coefficient (Wildman–Crippen LogP) is 1.06. The Labute approximate surface area is 156 Å². The molecule has 0 spiro atoms. The van der Waals surface area contributed by atoms with Crippen LogP contribution in [0.1, 0.15) is 12.8 Å². The quantitative estimate of drug-likeness (QED) is 0.779. The number of rotatable bonds is 4. The van der Waals surface area contributed by atoms with Gasteiger partial charge < -0.3 is 15.1 Å². The fourth-order valence-electron chi connectivity index (χ4n) is 3.72. The molecule has 27 heavy (non-hydrogen) atoms. The highest BCUT2D eigenvalue weighted by Gasteiger charge is 2.50. The molecule has 0 aliphatic carbocycles. The summed E-state index contributed by atoms with van der Waals surface area (Å²) >= 11 is 0. The molecule has 2 atom stereocenters. The van der Waals surface area contributed by atoms with Gasteiger partial charge in [-0.25, -0.2) is 8.42 Å². The minimum Gasteiger partial charge on any atom is -0.389 e. The van der Waals surface area contributed by atoms with Crippen molar-refractivity contribution >= 4 is 10.0 Å². The van der Waals surface area contributed by atoms with Crippen molar-refractivity contribution in [2.75, 3.05) is 32.7 Å². The number of benzene rings is 1. The molecule has 6 nitrogen and oxygen atoms in total. The lowest BCUT2D eigenvalue weighted by molar-refractivity contribution is -0.186. The Kier molecular flexibility index (Phi) is 5.57. The van der Waals surface area contributed by atoms with E-state index in [9.17, 15) is 31.8 Å². The summed E-state index contributed by atoms with van der Waals surface area (Å²) in [5.41, 5.74) is -1.72. The molecule has 0 aromatic heterocycles.